The Morgan fingerprint density at radius 1 is 1.36 bits per heavy atom. The van der Waals surface area contributed by atoms with Crippen molar-refractivity contribution in [2.45, 2.75) is 32.9 Å². The fourth-order valence-electron chi connectivity index (χ4n) is 0.780. The molecule has 0 saturated heterocycles. The Hall–Kier alpha value is -0.570. The summed E-state index contributed by atoms with van der Waals surface area (Å²) in [5, 5.41) is 0. The van der Waals surface area contributed by atoms with Crippen molar-refractivity contribution in [3.05, 3.63) is 0 Å². The third-order valence-corrected chi connectivity index (χ3v) is 1.85. The molecule has 0 aliphatic rings. The number of hydrogen-bond donors (Lipinski definition) is 0. The second-order valence-electron chi connectivity index (χ2n) is 3.02. The summed E-state index contributed by atoms with van der Waals surface area (Å²) in [5.74, 6) is -0.216. The van der Waals surface area contributed by atoms with Gasteiger partial charge in [0, 0.05) is 13.0 Å². The lowest BCUT2D eigenvalue weighted by molar-refractivity contribution is -0.147. The maximum absolute atomic E-state index is 10.5. The third-order valence-electron chi connectivity index (χ3n) is 1.85. The van der Waals surface area contributed by atoms with Crippen LogP contribution in [0, 0.1) is 0 Å². The van der Waals surface area contributed by atoms with Crippen LogP contribution in [0.25, 0.3) is 0 Å². The van der Waals surface area contributed by atoms with Crippen molar-refractivity contribution in [1.29, 1.82) is 0 Å². The third kappa shape index (κ3) is 3.98. The van der Waals surface area contributed by atoms with Crippen LogP contribution in [0.4, 0.5) is 0 Å². The molecule has 0 amide bonds. The highest BCUT2D eigenvalue weighted by atomic mass is 16.5. The molecule has 2 unspecified atom stereocenters. The maximum atomic E-state index is 10.5. The van der Waals surface area contributed by atoms with Gasteiger partial charge in [0.25, 0.3) is 0 Å². The van der Waals surface area contributed by atoms with Crippen LogP contribution < -0.4 is 0 Å². The molecule has 0 aliphatic carbocycles. The predicted molar refractivity (Wildman–Crippen MR) is 44.4 cm³/mol. The summed E-state index contributed by atoms with van der Waals surface area (Å²) in [7, 11) is 3.93. The van der Waals surface area contributed by atoms with Gasteiger partial charge in [0.05, 0.1) is 0 Å². The number of likely N-dealkylation sites (N-methyl/N-ethyl adjacent to an activating group) is 1. The van der Waals surface area contributed by atoms with Gasteiger partial charge in [-0.2, -0.15) is 0 Å². The average Bonchev–Trinajstić information content (AvgIpc) is 1.84. The molecule has 3 nitrogen and oxygen atoms in total. The highest BCUT2D eigenvalue weighted by Crippen LogP contribution is 2.03. The standard InChI is InChI=1S/C8H17NO2/c1-6(9(4)5)7(2)11-8(3)10/h6-7H,1-5H3. The molecule has 0 aromatic rings. The van der Waals surface area contributed by atoms with E-state index in [0.717, 1.165) is 0 Å². The number of rotatable bonds is 3. The van der Waals surface area contributed by atoms with Gasteiger partial charge in [-0.1, -0.05) is 0 Å². The largest absolute Gasteiger partial charge is 0.461 e. The monoisotopic (exact) mass is 159 g/mol. The van der Waals surface area contributed by atoms with E-state index < -0.39 is 0 Å². The van der Waals surface area contributed by atoms with Crippen molar-refractivity contribution in [3.8, 4) is 0 Å². The highest BCUT2D eigenvalue weighted by molar-refractivity contribution is 5.66. The normalized spacial score (nSPS) is 16.2. The summed E-state index contributed by atoms with van der Waals surface area (Å²) in [6.07, 6.45) is -0.0394. The molecule has 0 bridgehead atoms. The van der Waals surface area contributed by atoms with Crippen molar-refractivity contribution < 1.29 is 9.53 Å². The Bertz CT molecular complexity index is 134. The summed E-state index contributed by atoms with van der Waals surface area (Å²) >= 11 is 0. The van der Waals surface area contributed by atoms with Gasteiger partial charge in [-0.15, -0.1) is 0 Å². The number of nitrogens with zero attached hydrogens (tertiary/aromatic N) is 1. The van der Waals surface area contributed by atoms with Crippen molar-refractivity contribution in [2.24, 2.45) is 0 Å². The Kier molecular flexibility index (Phi) is 4.11. The van der Waals surface area contributed by atoms with Gasteiger partial charge in [0.15, 0.2) is 0 Å². The lowest BCUT2D eigenvalue weighted by Crippen LogP contribution is -2.37. The second kappa shape index (κ2) is 4.34. The minimum absolute atomic E-state index is 0.0394. The number of ether oxygens (including phenoxy) is 1. The first-order valence-electron chi connectivity index (χ1n) is 3.78. The average molecular weight is 159 g/mol. The topological polar surface area (TPSA) is 29.5 Å². The molecule has 0 rings (SSSR count). The molecule has 0 heterocycles. The van der Waals surface area contributed by atoms with Crippen molar-refractivity contribution in [3.63, 3.8) is 0 Å². The zero-order valence-corrected chi connectivity index (χ0v) is 7.92. The van der Waals surface area contributed by atoms with Crippen LogP contribution in [-0.4, -0.2) is 37.1 Å². The van der Waals surface area contributed by atoms with Gasteiger partial charge in [-0.05, 0) is 27.9 Å². The molecule has 3 heteroatoms. The fourth-order valence-corrected chi connectivity index (χ4v) is 0.780. The Labute approximate surface area is 68.3 Å². The molecule has 11 heavy (non-hydrogen) atoms. The van der Waals surface area contributed by atoms with Crippen LogP contribution >= 0.6 is 0 Å². The number of carbonyl (C=O) groups is 1. The minimum atomic E-state index is -0.216. The quantitative estimate of drug-likeness (QED) is 0.573. The number of carbonyl (C=O) groups excluding carboxylic acids is 1. The van der Waals surface area contributed by atoms with Crippen LogP contribution in [0.2, 0.25) is 0 Å². The van der Waals surface area contributed by atoms with E-state index in [1.54, 1.807) is 0 Å². The first kappa shape index (κ1) is 10.4. The van der Waals surface area contributed by atoms with Crippen molar-refractivity contribution in [1.82, 2.24) is 4.90 Å². The second-order valence-corrected chi connectivity index (χ2v) is 3.02. The van der Waals surface area contributed by atoms with Crippen LogP contribution in [0.15, 0.2) is 0 Å². The van der Waals surface area contributed by atoms with Crippen LogP contribution in [0.1, 0.15) is 20.8 Å². The summed E-state index contributed by atoms with van der Waals surface area (Å²) in [5.41, 5.74) is 0. The molecule has 0 aliphatic heterocycles. The molecule has 0 N–H and O–H groups in total. The molecule has 2 atom stereocenters. The lowest BCUT2D eigenvalue weighted by atomic mass is 10.2. The van der Waals surface area contributed by atoms with E-state index in [1.165, 1.54) is 6.92 Å². The summed E-state index contributed by atoms with van der Waals surface area (Å²) in [6, 6.07) is 0.263. The van der Waals surface area contributed by atoms with E-state index in [2.05, 4.69) is 0 Å². The van der Waals surface area contributed by atoms with E-state index in [-0.39, 0.29) is 18.1 Å². The maximum Gasteiger partial charge on any atom is 0.302 e. The molecule has 0 aromatic heterocycles. The highest BCUT2D eigenvalue weighted by Gasteiger charge is 2.15. The predicted octanol–water partition coefficient (Wildman–Crippen LogP) is 0.888. The van der Waals surface area contributed by atoms with Crippen LogP contribution in [0.5, 0.6) is 0 Å². The Morgan fingerprint density at radius 2 is 1.82 bits per heavy atom. The van der Waals surface area contributed by atoms with E-state index in [9.17, 15) is 4.79 Å². The van der Waals surface area contributed by atoms with Gasteiger partial charge in [-0.3, -0.25) is 4.79 Å². The zero-order valence-electron chi connectivity index (χ0n) is 7.92. The molecule has 0 spiro atoms. The van der Waals surface area contributed by atoms with E-state index in [4.69, 9.17) is 4.74 Å². The van der Waals surface area contributed by atoms with Gasteiger partial charge >= 0.3 is 5.97 Å². The first-order chi connectivity index (χ1) is 4.95. The molecule has 0 radical (unpaired) electrons. The Morgan fingerprint density at radius 3 is 2.09 bits per heavy atom. The Balaban J connectivity index is 3.82. The zero-order chi connectivity index (χ0) is 9.02. The van der Waals surface area contributed by atoms with Crippen molar-refractivity contribution in [2.75, 3.05) is 14.1 Å². The summed E-state index contributed by atoms with van der Waals surface area (Å²) in [4.78, 5) is 12.6. The van der Waals surface area contributed by atoms with Crippen molar-refractivity contribution >= 4 is 5.97 Å². The van der Waals surface area contributed by atoms with Gasteiger partial charge < -0.3 is 9.64 Å². The number of hydrogen-bond acceptors (Lipinski definition) is 3. The van der Waals surface area contributed by atoms with Gasteiger partial charge in [-0.25, -0.2) is 0 Å². The molecule has 66 valence electrons. The SMILES string of the molecule is CC(=O)OC(C)C(C)N(C)C. The molecule has 0 fully saturated rings. The van der Waals surface area contributed by atoms with E-state index >= 15 is 0 Å². The summed E-state index contributed by atoms with van der Waals surface area (Å²) in [6.45, 7) is 5.35. The fraction of sp³-hybridized carbons (Fsp3) is 0.875. The number of esters is 1. The smallest absolute Gasteiger partial charge is 0.302 e. The summed E-state index contributed by atoms with van der Waals surface area (Å²) < 4.78 is 4.99. The van der Waals surface area contributed by atoms with Gasteiger partial charge in [0.1, 0.15) is 6.10 Å². The van der Waals surface area contributed by atoms with E-state index in [0.29, 0.717) is 0 Å². The van der Waals surface area contributed by atoms with Crippen LogP contribution in [-0.2, 0) is 9.53 Å². The van der Waals surface area contributed by atoms with E-state index in [1.807, 2.05) is 32.8 Å². The lowest BCUT2D eigenvalue weighted by Gasteiger charge is -2.25. The first-order valence-corrected chi connectivity index (χ1v) is 3.78. The molecule has 0 saturated carbocycles. The minimum Gasteiger partial charge on any atom is -0.461 e. The molecule has 0 aromatic carbocycles. The molecular formula is C8H17NO2. The van der Waals surface area contributed by atoms with Crippen LogP contribution in [0.3, 0.4) is 0 Å². The van der Waals surface area contributed by atoms with Gasteiger partial charge in [0.2, 0.25) is 0 Å². The molecular weight excluding hydrogens is 142 g/mol.